The first-order valence-electron chi connectivity index (χ1n) is 13.1. The highest BCUT2D eigenvalue weighted by Gasteiger charge is 2.32. The summed E-state index contributed by atoms with van der Waals surface area (Å²) in [6.07, 6.45) is 3.68. The van der Waals surface area contributed by atoms with E-state index in [4.69, 9.17) is 21.1 Å². The van der Waals surface area contributed by atoms with Crippen LogP contribution in [0.5, 0.6) is 17.2 Å². The van der Waals surface area contributed by atoms with Gasteiger partial charge in [0.05, 0.1) is 30.4 Å². The van der Waals surface area contributed by atoms with Gasteiger partial charge in [0, 0.05) is 31.9 Å². The number of likely N-dealkylation sites (tertiary alicyclic amines) is 1. The Balaban J connectivity index is 1.28. The van der Waals surface area contributed by atoms with Crippen LogP contribution in [0.3, 0.4) is 0 Å². The van der Waals surface area contributed by atoms with Crippen molar-refractivity contribution in [1.29, 1.82) is 0 Å². The molecule has 0 spiro atoms. The van der Waals surface area contributed by atoms with Gasteiger partial charge in [0.15, 0.2) is 17.1 Å². The van der Waals surface area contributed by atoms with E-state index in [0.29, 0.717) is 29.2 Å². The van der Waals surface area contributed by atoms with Gasteiger partial charge in [-0.3, -0.25) is 0 Å². The van der Waals surface area contributed by atoms with E-state index < -0.39 is 11.7 Å². The average Bonchev–Trinajstić information content (AvgIpc) is 3.65. The number of rotatable bonds is 8. The normalized spacial score (nSPS) is 15.9. The summed E-state index contributed by atoms with van der Waals surface area (Å²) in [7, 11) is 5.41. The summed E-state index contributed by atoms with van der Waals surface area (Å²) in [6, 6.07) is 3.69. The van der Waals surface area contributed by atoms with Crippen LogP contribution in [0, 0.1) is 0 Å². The molecule has 5 heterocycles. The molecular formula is C27H27ClF3N9O2. The molecule has 11 nitrogen and oxygen atoms in total. The van der Waals surface area contributed by atoms with Crippen LogP contribution in [0.1, 0.15) is 18.4 Å². The van der Waals surface area contributed by atoms with E-state index in [2.05, 4.69) is 35.6 Å². The van der Waals surface area contributed by atoms with Gasteiger partial charge in [-0.1, -0.05) is 11.6 Å². The number of imidazole rings is 1. The quantitative estimate of drug-likeness (QED) is 0.230. The summed E-state index contributed by atoms with van der Waals surface area (Å²) in [5.41, 5.74) is 0.643. The van der Waals surface area contributed by atoms with E-state index in [0.717, 1.165) is 31.5 Å². The number of aromatic nitrogens is 6. The maximum Gasteiger partial charge on any atom is 0.416 e. The lowest BCUT2D eigenvalue weighted by Crippen LogP contribution is -2.30. The molecule has 2 N–H and O–H groups in total. The molecule has 0 bridgehead atoms. The van der Waals surface area contributed by atoms with Crippen molar-refractivity contribution in [2.45, 2.75) is 25.1 Å². The number of hydrogen-bond acceptors (Lipinski definition) is 9. The maximum absolute atomic E-state index is 13.8. The minimum absolute atomic E-state index is 0.114. The second-order valence-electron chi connectivity index (χ2n) is 10.0. The summed E-state index contributed by atoms with van der Waals surface area (Å²) in [4.78, 5) is 15.3. The van der Waals surface area contributed by atoms with Crippen LogP contribution in [0.25, 0.3) is 16.7 Å². The van der Waals surface area contributed by atoms with Gasteiger partial charge in [-0.15, -0.1) is 0 Å². The van der Waals surface area contributed by atoms with Gasteiger partial charge >= 0.3 is 6.18 Å². The lowest BCUT2D eigenvalue weighted by atomic mass is 10.1. The molecule has 1 unspecified atom stereocenters. The Kier molecular flexibility index (Phi) is 7.19. The summed E-state index contributed by atoms with van der Waals surface area (Å²) in [6.45, 7) is 1.23. The Morgan fingerprint density at radius 3 is 2.67 bits per heavy atom. The van der Waals surface area contributed by atoms with Crippen molar-refractivity contribution in [3.8, 4) is 17.2 Å². The molecule has 4 aromatic heterocycles. The molecule has 1 aromatic carbocycles. The molecule has 6 rings (SSSR count). The molecule has 0 aliphatic carbocycles. The number of aryl methyl sites for hydroxylation is 1. The predicted molar refractivity (Wildman–Crippen MR) is 152 cm³/mol. The third-order valence-corrected chi connectivity index (χ3v) is 7.62. The van der Waals surface area contributed by atoms with Crippen molar-refractivity contribution in [2.24, 2.45) is 7.05 Å². The van der Waals surface area contributed by atoms with Gasteiger partial charge < -0.3 is 29.6 Å². The number of anilines is 3. The van der Waals surface area contributed by atoms with Gasteiger partial charge in [0.1, 0.15) is 34.2 Å². The van der Waals surface area contributed by atoms with Crippen LogP contribution < -0.4 is 20.1 Å². The molecule has 1 aliphatic rings. The lowest BCUT2D eigenvalue weighted by Gasteiger charge is -2.20. The van der Waals surface area contributed by atoms with Gasteiger partial charge in [-0.2, -0.15) is 23.3 Å². The van der Waals surface area contributed by atoms with Crippen molar-refractivity contribution in [2.75, 3.05) is 37.9 Å². The number of benzene rings is 1. The molecule has 1 saturated heterocycles. The zero-order valence-electron chi connectivity index (χ0n) is 22.9. The fraction of sp³-hybridized carbons (Fsp3) is 0.333. The number of nitrogens with zero attached hydrogens (tertiary/aromatic N) is 7. The monoisotopic (exact) mass is 601 g/mol. The molecule has 15 heteroatoms. The number of ether oxygens (including phenoxy) is 2. The fourth-order valence-electron chi connectivity index (χ4n) is 4.91. The van der Waals surface area contributed by atoms with E-state index in [1.54, 1.807) is 35.6 Å². The second kappa shape index (κ2) is 10.8. The van der Waals surface area contributed by atoms with Crippen LogP contribution >= 0.6 is 11.6 Å². The smallest absolute Gasteiger partial charge is 0.416 e. The van der Waals surface area contributed by atoms with Crippen LogP contribution in [0.4, 0.5) is 30.6 Å². The summed E-state index contributed by atoms with van der Waals surface area (Å²) in [5.74, 6) is 1.64. The standard InChI is InChI=1S/C27H27ClF3N9O2/c1-32-22-13-40-19(10-33-22)20(12-35-40)42-21-11-34-25-24(23(21)28)39(3)26(37-25)36-16-7-15(27(29,30)31)8-18(9-16)41-14-17-5-4-6-38(17)2/h7-13,17,32H,4-6,14H2,1-3H3,(H,34,36,37). The number of alkyl halides is 3. The number of likely N-dealkylation sites (N-methyl/N-ethyl adjacent to an activating group) is 1. The van der Waals surface area contributed by atoms with Crippen molar-refractivity contribution >= 4 is 45.7 Å². The Morgan fingerprint density at radius 1 is 1.10 bits per heavy atom. The Morgan fingerprint density at radius 2 is 1.93 bits per heavy atom. The molecule has 1 fully saturated rings. The lowest BCUT2D eigenvalue weighted by molar-refractivity contribution is -0.137. The highest BCUT2D eigenvalue weighted by molar-refractivity contribution is 6.36. The van der Waals surface area contributed by atoms with Gasteiger partial charge in [0.25, 0.3) is 0 Å². The molecular weight excluding hydrogens is 575 g/mol. The van der Waals surface area contributed by atoms with Crippen LogP contribution in [0.15, 0.2) is 43.0 Å². The Labute approximate surface area is 243 Å². The second-order valence-corrected chi connectivity index (χ2v) is 10.4. The van der Waals surface area contributed by atoms with Crippen molar-refractivity contribution < 1.29 is 22.6 Å². The van der Waals surface area contributed by atoms with Gasteiger partial charge in [-0.05, 0) is 38.6 Å². The number of hydrogen-bond donors (Lipinski definition) is 2. The average molecular weight is 602 g/mol. The van der Waals surface area contributed by atoms with Crippen LogP contribution in [-0.4, -0.2) is 67.3 Å². The number of pyridine rings is 1. The third kappa shape index (κ3) is 5.34. The van der Waals surface area contributed by atoms with Crippen molar-refractivity contribution in [3.63, 3.8) is 0 Å². The third-order valence-electron chi connectivity index (χ3n) is 7.25. The predicted octanol–water partition coefficient (Wildman–Crippen LogP) is 5.73. The summed E-state index contributed by atoms with van der Waals surface area (Å²) < 4.78 is 56.3. The van der Waals surface area contributed by atoms with Crippen molar-refractivity contribution in [3.05, 3.63) is 53.6 Å². The number of halogens is 4. The minimum Gasteiger partial charge on any atom is -0.492 e. The first-order chi connectivity index (χ1) is 20.1. The maximum atomic E-state index is 13.8. The van der Waals surface area contributed by atoms with E-state index in [-0.39, 0.29) is 39.8 Å². The molecule has 42 heavy (non-hydrogen) atoms. The highest BCUT2D eigenvalue weighted by Crippen LogP contribution is 2.38. The topological polar surface area (TPSA) is 107 Å². The molecule has 1 atom stereocenters. The van der Waals surface area contributed by atoms with Gasteiger partial charge in [0.2, 0.25) is 5.95 Å². The fourth-order valence-corrected chi connectivity index (χ4v) is 5.21. The SMILES string of the molecule is CNc1cn2ncc(Oc3cnc4nc(Nc5cc(OCC6CCCN6C)cc(C(F)(F)F)c5)n(C)c4c3Cl)c2cn1. The molecule has 1 aliphatic heterocycles. The zero-order valence-corrected chi connectivity index (χ0v) is 23.7. The minimum atomic E-state index is -4.56. The van der Waals surface area contributed by atoms with Crippen molar-refractivity contribution in [1.82, 2.24) is 34.0 Å². The van der Waals surface area contributed by atoms with E-state index in [1.807, 2.05) is 7.05 Å². The molecule has 5 aromatic rings. The first-order valence-corrected chi connectivity index (χ1v) is 13.5. The van der Waals surface area contributed by atoms with E-state index in [9.17, 15) is 13.2 Å². The zero-order chi connectivity index (χ0) is 29.6. The molecule has 220 valence electrons. The number of nitrogens with one attached hydrogen (secondary N) is 2. The van der Waals surface area contributed by atoms with Crippen LogP contribution in [0.2, 0.25) is 5.02 Å². The Hall–Kier alpha value is -4.30. The molecule has 0 amide bonds. The van der Waals surface area contributed by atoms with E-state index >= 15 is 0 Å². The van der Waals surface area contributed by atoms with Crippen LogP contribution in [-0.2, 0) is 13.2 Å². The number of fused-ring (bicyclic) bond motifs is 2. The molecule has 0 radical (unpaired) electrons. The summed E-state index contributed by atoms with van der Waals surface area (Å²) in [5, 5.41) is 10.4. The Bertz CT molecular complexity index is 1770. The largest absolute Gasteiger partial charge is 0.492 e. The van der Waals surface area contributed by atoms with Gasteiger partial charge in [-0.25, -0.2) is 14.5 Å². The summed E-state index contributed by atoms with van der Waals surface area (Å²) >= 11 is 6.73. The highest BCUT2D eigenvalue weighted by atomic mass is 35.5. The first kappa shape index (κ1) is 27.8. The van der Waals surface area contributed by atoms with E-state index in [1.165, 1.54) is 18.5 Å². The molecule has 0 saturated carbocycles.